The summed E-state index contributed by atoms with van der Waals surface area (Å²) in [5.41, 5.74) is 5.54. The van der Waals surface area contributed by atoms with Gasteiger partial charge in [-0.2, -0.15) is 0 Å². The van der Waals surface area contributed by atoms with Crippen LogP contribution in [0.2, 0.25) is 0 Å². The van der Waals surface area contributed by atoms with E-state index in [4.69, 9.17) is 10.5 Å². The maximum absolute atomic E-state index is 12.2. The second-order valence-electron chi connectivity index (χ2n) is 4.77. The molecule has 0 aliphatic carbocycles. The highest BCUT2D eigenvalue weighted by atomic mass is 35.5. The highest BCUT2D eigenvalue weighted by Crippen LogP contribution is 2.20. The minimum absolute atomic E-state index is 0. The minimum Gasteiger partial charge on any atom is -0.383 e. The summed E-state index contributed by atoms with van der Waals surface area (Å²) >= 11 is 0. The molecule has 2 amide bonds. The second kappa shape index (κ2) is 8.35. The van der Waals surface area contributed by atoms with Crippen molar-refractivity contribution in [2.75, 3.05) is 40.4 Å². The molecule has 0 radical (unpaired) electrons. The van der Waals surface area contributed by atoms with E-state index in [1.807, 2.05) is 6.92 Å². The number of halogens is 1. The normalized spacial score (nSPS) is 20.1. The molecule has 0 aromatic carbocycles. The number of ether oxygens (including phenoxy) is 1. The molecule has 1 saturated heterocycles. The summed E-state index contributed by atoms with van der Waals surface area (Å²) in [6.07, 6.45) is 0.296. The molecule has 1 heterocycles. The predicted octanol–water partition coefficient (Wildman–Crippen LogP) is -0.291. The lowest BCUT2D eigenvalue weighted by Crippen LogP contribution is -2.43. The summed E-state index contributed by atoms with van der Waals surface area (Å²) in [6, 6.07) is 0.000581. The first-order chi connectivity index (χ1) is 8.51. The number of carbonyl (C=O) groups is 2. The van der Waals surface area contributed by atoms with E-state index in [0.717, 1.165) is 0 Å². The number of amides is 2. The number of rotatable bonds is 6. The third-order valence-corrected chi connectivity index (χ3v) is 3.48. The van der Waals surface area contributed by atoms with Crippen LogP contribution in [0, 0.1) is 5.92 Å². The molecule has 1 aliphatic heterocycles. The van der Waals surface area contributed by atoms with Crippen molar-refractivity contribution in [1.82, 2.24) is 9.80 Å². The van der Waals surface area contributed by atoms with Gasteiger partial charge in [-0.05, 0) is 6.92 Å². The van der Waals surface area contributed by atoms with Crippen LogP contribution in [0.4, 0.5) is 0 Å². The number of nitrogens with zero attached hydrogens (tertiary/aromatic N) is 2. The molecule has 0 spiro atoms. The molecule has 7 heteroatoms. The van der Waals surface area contributed by atoms with Gasteiger partial charge < -0.3 is 20.3 Å². The molecule has 2 N–H and O–H groups in total. The summed E-state index contributed by atoms with van der Waals surface area (Å²) < 4.78 is 4.95. The van der Waals surface area contributed by atoms with E-state index < -0.39 is 0 Å². The number of likely N-dealkylation sites (N-methyl/N-ethyl adjacent to an activating group) is 1. The number of hydrogen-bond donors (Lipinski definition) is 1. The van der Waals surface area contributed by atoms with Crippen LogP contribution < -0.4 is 5.73 Å². The Bertz CT molecular complexity index is 315. The lowest BCUT2D eigenvalue weighted by molar-refractivity contribution is -0.136. The molecule has 2 atom stereocenters. The first kappa shape index (κ1) is 18.1. The van der Waals surface area contributed by atoms with Crippen LogP contribution in [-0.2, 0) is 14.3 Å². The van der Waals surface area contributed by atoms with Gasteiger partial charge in [-0.15, -0.1) is 12.4 Å². The quantitative estimate of drug-likeness (QED) is 0.730. The van der Waals surface area contributed by atoms with Crippen molar-refractivity contribution >= 4 is 24.2 Å². The van der Waals surface area contributed by atoms with Crippen LogP contribution in [0.25, 0.3) is 0 Å². The van der Waals surface area contributed by atoms with Crippen molar-refractivity contribution in [3.8, 4) is 0 Å². The lowest BCUT2D eigenvalue weighted by atomic mass is 10.1. The van der Waals surface area contributed by atoms with E-state index in [2.05, 4.69) is 0 Å². The molecule has 112 valence electrons. The highest BCUT2D eigenvalue weighted by Gasteiger charge is 2.36. The van der Waals surface area contributed by atoms with Gasteiger partial charge in [-0.25, -0.2) is 0 Å². The molecule has 0 aromatic rings. The molecule has 19 heavy (non-hydrogen) atoms. The van der Waals surface area contributed by atoms with Crippen molar-refractivity contribution in [2.45, 2.75) is 19.4 Å². The zero-order chi connectivity index (χ0) is 13.7. The summed E-state index contributed by atoms with van der Waals surface area (Å²) in [5.74, 6) is -0.214. The van der Waals surface area contributed by atoms with E-state index in [1.54, 1.807) is 24.0 Å². The van der Waals surface area contributed by atoms with Crippen LogP contribution in [0.3, 0.4) is 0 Å². The van der Waals surface area contributed by atoms with E-state index in [1.165, 1.54) is 0 Å². The fraction of sp³-hybridized carbons (Fsp3) is 0.833. The molecule has 0 bridgehead atoms. The van der Waals surface area contributed by atoms with E-state index in [9.17, 15) is 9.59 Å². The zero-order valence-corrected chi connectivity index (χ0v) is 12.6. The zero-order valence-electron chi connectivity index (χ0n) is 11.8. The van der Waals surface area contributed by atoms with Crippen LogP contribution in [0.5, 0.6) is 0 Å². The Balaban J connectivity index is 0.00000324. The topological polar surface area (TPSA) is 75.9 Å². The number of methoxy groups -OCH3 is 1. The average molecular weight is 294 g/mol. The van der Waals surface area contributed by atoms with Gasteiger partial charge >= 0.3 is 0 Å². The Morgan fingerprint density at radius 1 is 1.63 bits per heavy atom. The predicted molar refractivity (Wildman–Crippen MR) is 75.1 cm³/mol. The Hall–Kier alpha value is -0.850. The summed E-state index contributed by atoms with van der Waals surface area (Å²) in [6.45, 7) is 3.87. The highest BCUT2D eigenvalue weighted by molar-refractivity contribution is 5.89. The number of nitrogens with two attached hydrogens (primary N) is 1. The summed E-state index contributed by atoms with van der Waals surface area (Å²) in [7, 11) is 3.34. The Morgan fingerprint density at radius 2 is 2.26 bits per heavy atom. The molecule has 2 unspecified atom stereocenters. The van der Waals surface area contributed by atoms with Gasteiger partial charge in [0.1, 0.15) is 0 Å². The Labute approximate surface area is 120 Å². The van der Waals surface area contributed by atoms with Crippen LogP contribution >= 0.6 is 12.4 Å². The van der Waals surface area contributed by atoms with Gasteiger partial charge in [0.05, 0.1) is 12.5 Å². The SMILES string of the molecule is COCCN1CC(C(=O)N(C)C(C)CN)CC1=O.Cl. The Kier molecular flexibility index (Phi) is 7.97. The first-order valence-electron chi connectivity index (χ1n) is 6.24. The molecule has 1 fully saturated rings. The largest absolute Gasteiger partial charge is 0.383 e. The molecule has 1 rings (SSSR count). The number of carbonyl (C=O) groups excluding carboxylic acids is 2. The van der Waals surface area contributed by atoms with Crippen LogP contribution in [0.1, 0.15) is 13.3 Å². The fourth-order valence-corrected chi connectivity index (χ4v) is 2.02. The van der Waals surface area contributed by atoms with Gasteiger partial charge in [0.25, 0.3) is 0 Å². The van der Waals surface area contributed by atoms with Crippen molar-refractivity contribution in [3.05, 3.63) is 0 Å². The van der Waals surface area contributed by atoms with Crippen molar-refractivity contribution in [1.29, 1.82) is 0 Å². The van der Waals surface area contributed by atoms with Gasteiger partial charge in [-0.3, -0.25) is 9.59 Å². The maximum Gasteiger partial charge on any atom is 0.228 e. The lowest BCUT2D eigenvalue weighted by Gasteiger charge is -2.26. The third-order valence-electron chi connectivity index (χ3n) is 3.48. The fourth-order valence-electron chi connectivity index (χ4n) is 2.02. The average Bonchev–Trinajstić information content (AvgIpc) is 2.74. The van der Waals surface area contributed by atoms with Gasteiger partial charge in [-0.1, -0.05) is 0 Å². The first-order valence-corrected chi connectivity index (χ1v) is 6.24. The van der Waals surface area contributed by atoms with Gasteiger partial charge in [0.15, 0.2) is 0 Å². The van der Waals surface area contributed by atoms with Crippen molar-refractivity contribution in [3.63, 3.8) is 0 Å². The molecule has 0 saturated carbocycles. The number of hydrogen-bond acceptors (Lipinski definition) is 4. The maximum atomic E-state index is 12.2. The smallest absolute Gasteiger partial charge is 0.228 e. The molecule has 0 aromatic heterocycles. The van der Waals surface area contributed by atoms with Crippen LogP contribution in [-0.4, -0.2) is 68.1 Å². The number of likely N-dealkylation sites (tertiary alicyclic amines) is 1. The monoisotopic (exact) mass is 293 g/mol. The minimum atomic E-state index is -0.242. The molecular weight excluding hydrogens is 270 g/mol. The summed E-state index contributed by atoms with van der Waals surface area (Å²) in [4.78, 5) is 27.2. The van der Waals surface area contributed by atoms with Gasteiger partial charge in [0, 0.05) is 46.3 Å². The van der Waals surface area contributed by atoms with E-state index >= 15 is 0 Å². The Morgan fingerprint density at radius 3 is 2.79 bits per heavy atom. The third kappa shape index (κ3) is 4.63. The van der Waals surface area contributed by atoms with Crippen molar-refractivity contribution in [2.24, 2.45) is 11.7 Å². The van der Waals surface area contributed by atoms with Crippen LogP contribution in [0.15, 0.2) is 0 Å². The molecular formula is C12H24ClN3O3. The summed E-state index contributed by atoms with van der Waals surface area (Å²) in [5, 5.41) is 0. The molecule has 1 aliphatic rings. The van der Waals surface area contributed by atoms with Gasteiger partial charge in [0.2, 0.25) is 11.8 Å². The standard InChI is InChI=1S/C12H23N3O3.ClH/c1-9(7-13)14(2)12(17)10-6-11(16)15(8-10)4-5-18-3;/h9-10H,4-8,13H2,1-3H3;1H. The van der Waals surface area contributed by atoms with E-state index in [0.29, 0.717) is 32.7 Å². The molecule has 6 nitrogen and oxygen atoms in total. The second-order valence-corrected chi connectivity index (χ2v) is 4.77. The van der Waals surface area contributed by atoms with Crippen molar-refractivity contribution < 1.29 is 14.3 Å². The van der Waals surface area contributed by atoms with E-state index in [-0.39, 0.29) is 36.2 Å².